The van der Waals surface area contributed by atoms with Crippen LogP contribution < -0.4 is 14.8 Å². The number of hydrogen-bond donors (Lipinski definition) is 2. The first-order valence-corrected chi connectivity index (χ1v) is 14.3. The Morgan fingerprint density at radius 3 is 2.51 bits per heavy atom. The number of hydrogen-bond acceptors (Lipinski definition) is 8. The Hall–Kier alpha value is -3.30. The molecule has 4 rings (SSSR count). The van der Waals surface area contributed by atoms with Gasteiger partial charge >= 0.3 is 0 Å². The number of nitrogens with one attached hydrogen (secondary N) is 2. The van der Waals surface area contributed by atoms with E-state index in [0.717, 1.165) is 54.1 Å². The van der Waals surface area contributed by atoms with Crippen molar-refractivity contribution in [3.63, 3.8) is 0 Å². The molecule has 0 unspecified atom stereocenters. The lowest BCUT2D eigenvalue weighted by atomic mass is 10.0. The van der Waals surface area contributed by atoms with Crippen LogP contribution >= 0.6 is 11.3 Å². The van der Waals surface area contributed by atoms with Gasteiger partial charge in [-0.15, -0.1) is 0 Å². The topological polar surface area (TPSA) is 124 Å². The zero-order valence-corrected chi connectivity index (χ0v) is 22.4. The van der Waals surface area contributed by atoms with Crippen LogP contribution in [0.15, 0.2) is 52.7 Å². The maximum absolute atomic E-state index is 12.9. The second-order valence-electron chi connectivity index (χ2n) is 8.90. The summed E-state index contributed by atoms with van der Waals surface area (Å²) in [5.41, 5.74) is 3.11. The normalized spacial score (nSPS) is 15.9. The minimum atomic E-state index is -3.71. The van der Waals surface area contributed by atoms with Gasteiger partial charge in [0.1, 0.15) is 5.75 Å². The van der Waals surface area contributed by atoms with Gasteiger partial charge in [0.25, 0.3) is 10.0 Å². The fourth-order valence-corrected chi connectivity index (χ4v) is 6.94. The lowest BCUT2D eigenvalue weighted by molar-refractivity contribution is -0.114. The Balaban J connectivity index is 1.20. The number of thiazole rings is 1. The Morgan fingerprint density at radius 2 is 1.86 bits per heavy atom. The molecule has 1 aliphatic rings. The van der Waals surface area contributed by atoms with Crippen LogP contribution in [0.5, 0.6) is 5.75 Å². The van der Waals surface area contributed by atoms with Crippen molar-refractivity contribution in [2.24, 2.45) is 0 Å². The van der Waals surface area contributed by atoms with Gasteiger partial charge in [0.05, 0.1) is 23.9 Å². The minimum absolute atomic E-state index is 0.133. The fourth-order valence-electron chi connectivity index (χ4n) is 4.20. The van der Waals surface area contributed by atoms with Crippen molar-refractivity contribution < 1.29 is 17.9 Å². The third-order valence-electron chi connectivity index (χ3n) is 5.96. The van der Waals surface area contributed by atoms with Crippen LogP contribution in [0.25, 0.3) is 11.1 Å². The van der Waals surface area contributed by atoms with E-state index in [1.165, 1.54) is 6.92 Å². The zero-order chi connectivity index (χ0) is 26.4. The predicted molar refractivity (Wildman–Crippen MR) is 143 cm³/mol. The monoisotopic (exact) mass is 539 g/mol. The quantitative estimate of drug-likeness (QED) is 0.376. The molecule has 0 radical (unpaired) electrons. The van der Waals surface area contributed by atoms with Crippen molar-refractivity contribution in [3.05, 3.63) is 59.8 Å². The van der Waals surface area contributed by atoms with Gasteiger partial charge in [-0.25, -0.2) is 18.1 Å². The van der Waals surface area contributed by atoms with E-state index in [1.807, 2.05) is 36.4 Å². The first-order chi connectivity index (χ1) is 17.7. The van der Waals surface area contributed by atoms with Gasteiger partial charge in [0.15, 0.2) is 9.34 Å². The highest BCUT2D eigenvalue weighted by Gasteiger charge is 2.29. The Labute approximate surface area is 221 Å². The van der Waals surface area contributed by atoms with E-state index in [1.54, 1.807) is 19.1 Å². The summed E-state index contributed by atoms with van der Waals surface area (Å²) in [6, 6.07) is 17.3. The van der Waals surface area contributed by atoms with Crippen molar-refractivity contribution in [1.29, 1.82) is 5.26 Å². The third kappa shape index (κ3) is 7.14. The highest BCUT2D eigenvalue weighted by Crippen LogP contribution is 2.28. The number of benzene rings is 2. The summed E-state index contributed by atoms with van der Waals surface area (Å²) < 4.78 is 34.6. The van der Waals surface area contributed by atoms with Gasteiger partial charge in [-0.05, 0) is 61.7 Å². The molecule has 1 atom stereocenters. The number of aromatic nitrogens is 1. The van der Waals surface area contributed by atoms with Crippen LogP contribution in [0.3, 0.4) is 0 Å². The number of rotatable bonds is 10. The Morgan fingerprint density at radius 1 is 1.19 bits per heavy atom. The molecule has 194 valence electrons. The largest absolute Gasteiger partial charge is 0.494 e. The van der Waals surface area contributed by atoms with Crippen LogP contribution in [-0.4, -0.2) is 56.5 Å². The van der Waals surface area contributed by atoms with Gasteiger partial charge in [-0.2, -0.15) is 5.26 Å². The van der Waals surface area contributed by atoms with Gasteiger partial charge in [-0.1, -0.05) is 35.6 Å². The summed E-state index contributed by atoms with van der Waals surface area (Å²) in [5.74, 6) is 0.504. The lowest BCUT2D eigenvalue weighted by Crippen LogP contribution is -2.37. The second kappa shape index (κ2) is 11.8. The molecule has 1 amide bonds. The van der Waals surface area contributed by atoms with Gasteiger partial charge < -0.3 is 15.0 Å². The maximum atomic E-state index is 12.9. The molecule has 2 aromatic carbocycles. The van der Waals surface area contributed by atoms with E-state index in [-0.39, 0.29) is 21.3 Å². The number of carbonyl (C=O) groups excluding carboxylic acids is 1. The summed E-state index contributed by atoms with van der Waals surface area (Å²) in [6.07, 6.45) is 1.55. The summed E-state index contributed by atoms with van der Waals surface area (Å²) in [4.78, 5) is 17.6. The minimum Gasteiger partial charge on any atom is -0.494 e. The number of ether oxygens (including phenoxy) is 1. The van der Waals surface area contributed by atoms with Crippen LogP contribution in [0.2, 0.25) is 0 Å². The third-order valence-corrected chi connectivity index (χ3v) is 9.17. The highest BCUT2D eigenvalue weighted by molar-refractivity contribution is 7.91. The molecule has 0 aliphatic carbocycles. The van der Waals surface area contributed by atoms with E-state index in [2.05, 4.69) is 26.0 Å². The fraction of sp³-hybridized carbons (Fsp3) is 0.346. The number of sulfonamides is 1. The van der Waals surface area contributed by atoms with Crippen LogP contribution in [-0.2, 0) is 14.8 Å². The first-order valence-electron chi connectivity index (χ1n) is 12.0. The van der Waals surface area contributed by atoms with E-state index >= 15 is 0 Å². The summed E-state index contributed by atoms with van der Waals surface area (Å²) in [6.45, 7) is 5.80. The van der Waals surface area contributed by atoms with Crippen molar-refractivity contribution >= 4 is 32.4 Å². The zero-order valence-electron chi connectivity index (χ0n) is 20.7. The molecule has 1 aliphatic heterocycles. The van der Waals surface area contributed by atoms with Crippen molar-refractivity contribution in [2.75, 3.05) is 31.6 Å². The number of nitriles is 1. The van der Waals surface area contributed by atoms with E-state index in [0.29, 0.717) is 24.4 Å². The molecule has 0 bridgehead atoms. The molecule has 0 saturated carbocycles. The van der Waals surface area contributed by atoms with E-state index in [4.69, 9.17) is 10.00 Å². The standard InChI is InChI=1S/C26H29N5O4S2/c1-18-25(36-26(28-18)29-19(2)32)37(33,34)30-23-12-14-31(17-23)13-3-15-35-24-10-8-22(9-11-24)21-6-4-20(16-27)5-7-21/h4-11,23,30H,3,12-15,17H2,1-2H3,(H,28,29,32)/t23-/m1/s1. The Kier molecular flexibility index (Phi) is 8.56. The van der Waals surface area contributed by atoms with Gasteiger partial charge in [0.2, 0.25) is 5.91 Å². The summed E-state index contributed by atoms with van der Waals surface area (Å²) >= 11 is 0.959. The molecule has 0 spiro atoms. The number of aryl methyl sites for hydroxylation is 1. The molecular weight excluding hydrogens is 510 g/mol. The highest BCUT2D eigenvalue weighted by atomic mass is 32.2. The number of nitrogens with zero attached hydrogens (tertiary/aromatic N) is 3. The molecule has 11 heteroatoms. The molecule has 37 heavy (non-hydrogen) atoms. The summed E-state index contributed by atoms with van der Waals surface area (Å²) in [5, 5.41) is 11.8. The molecule has 3 aromatic rings. The molecule has 1 saturated heterocycles. The SMILES string of the molecule is CC(=O)Nc1nc(C)c(S(=O)(=O)N[C@@H]2CCN(CCCOc3ccc(-c4ccc(C#N)cc4)cc3)C2)s1. The smallest absolute Gasteiger partial charge is 0.252 e. The number of anilines is 1. The molecule has 1 aromatic heterocycles. The van der Waals surface area contributed by atoms with Crippen molar-refractivity contribution in [1.82, 2.24) is 14.6 Å². The number of amides is 1. The lowest BCUT2D eigenvalue weighted by Gasteiger charge is -2.17. The molecule has 9 nitrogen and oxygen atoms in total. The number of likely N-dealkylation sites (tertiary alicyclic amines) is 1. The second-order valence-corrected chi connectivity index (χ2v) is 11.8. The van der Waals surface area contributed by atoms with E-state index < -0.39 is 10.0 Å². The Bertz CT molecular complexity index is 1380. The molecule has 2 N–H and O–H groups in total. The van der Waals surface area contributed by atoms with Crippen LogP contribution in [0.4, 0.5) is 5.13 Å². The average Bonchev–Trinajstić information content (AvgIpc) is 3.47. The van der Waals surface area contributed by atoms with Gasteiger partial charge in [0, 0.05) is 26.1 Å². The van der Waals surface area contributed by atoms with E-state index in [9.17, 15) is 13.2 Å². The summed E-state index contributed by atoms with van der Waals surface area (Å²) in [7, 11) is -3.71. The van der Waals surface area contributed by atoms with Crippen LogP contribution in [0, 0.1) is 18.3 Å². The molecule has 2 heterocycles. The average molecular weight is 540 g/mol. The predicted octanol–water partition coefficient (Wildman–Crippen LogP) is 3.77. The molecular formula is C26H29N5O4S2. The van der Waals surface area contributed by atoms with Crippen molar-refractivity contribution in [3.8, 4) is 22.9 Å². The first kappa shape index (κ1) is 26.8. The maximum Gasteiger partial charge on any atom is 0.252 e. The number of carbonyl (C=O) groups is 1. The van der Waals surface area contributed by atoms with Crippen LogP contribution in [0.1, 0.15) is 31.0 Å². The van der Waals surface area contributed by atoms with Gasteiger partial charge in [-0.3, -0.25) is 4.79 Å². The van der Waals surface area contributed by atoms with Crippen molar-refractivity contribution in [2.45, 2.75) is 36.9 Å². The molecule has 1 fully saturated rings.